The van der Waals surface area contributed by atoms with Gasteiger partial charge < -0.3 is 0 Å². The molecule has 0 fully saturated rings. The standard InChI is InChI=1S/C14H15N/c1-11-12(2)15-9-8-14(11)10-13-6-4-3-5-7-13/h3-9H,10H2,1-2H3. The van der Waals surface area contributed by atoms with Crippen LogP contribution in [0.1, 0.15) is 22.4 Å². The van der Waals surface area contributed by atoms with Crippen LogP contribution in [0.2, 0.25) is 0 Å². The van der Waals surface area contributed by atoms with Gasteiger partial charge in [-0.25, -0.2) is 0 Å². The number of rotatable bonds is 2. The SMILES string of the molecule is Cc1nccc(Cc2ccccc2)c1C. The van der Waals surface area contributed by atoms with Crippen molar-refractivity contribution in [3.63, 3.8) is 0 Å². The maximum absolute atomic E-state index is 4.28. The van der Waals surface area contributed by atoms with E-state index >= 15 is 0 Å². The quantitative estimate of drug-likeness (QED) is 0.720. The van der Waals surface area contributed by atoms with Crippen LogP contribution in [0.25, 0.3) is 0 Å². The van der Waals surface area contributed by atoms with Crippen molar-refractivity contribution in [3.8, 4) is 0 Å². The highest BCUT2D eigenvalue weighted by atomic mass is 14.7. The number of aryl methyl sites for hydroxylation is 1. The summed E-state index contributed by atoms with van der Waals surface area (Å²) in [7, 11) is 0. The van der Waals surface area contributed by atoms with E-state index in [0.29, 0.717) is 0 Å². The van der Waals surface area contributed by atoms with E-state index in [4.69, 9.17) is 0 Å². The Labute approximate surface area is 90.8 Å². The van der Waals surface area contributed by atoms with E-state index < -0.39 is 0 Å². The van der Waals surface area contributed by atoms with E-state index in [-0.39, 0.29) is 0 Å². The summed E-state index contributed by atoms with van der Waals surface area (Å²) >= 11 is 0. The molecule has 2 rings (SSSR count). The van der Waals surface area contributed by atoms with E-state index in [0.717, 1.165) is 12.1 Å². The van der Waals surface area contributed by atoms with Crippen LogP contribution < -0.4 is 0 Å². The summed E-state index contributed by atoms with van der Waals surface area (Å²) in [5, 5.41) is 0. The molecule has 0 aliphatic heterocycles. The molecule has 0 atom stereocenters. The van der Waals surface area contributed by atoms with Crippen molar-refractivity contribution < 1.29 is 0 Å². The monoisotopic (exact) mass is 197 g/mol. The van der Waals surface area contributed by atoms with Gasteiger partial charge in [-0.05, 0) is 43.0 Å². The minimum absolute atomic E-state index is 0.996. The number of hydrogen-bond acceptors (Lipinski definition) is 1. The Morgan fingerprint density at radius 2 is 1.73 bits per heavy atom. The van der Waals surface area contributed by atoms with Crippen molar-refractivity contribution in [2.45, 2.75) is 20.3 Å². The smallest absolute Gasteiger partial charge is 0.0404 e. The second-order valence-electron chi connectivity index (χ2n) is 3.84. The first-order valence-electron chi connectivity index (χ1n) is 5.22. The molecule has 0 aliphatic rings. The van der Waals surface area contributed by atoms with Crippen LogP contribution in [0, 0.1) is 13.8 Å². The minimum atomic E-state index is 0.996. The van der Waals surface area contributed by atoms with Crippen LogP contribution in [0.5, 0.6) is 0 Å². The molecule has 1 aromatic heterocycles. The Kier molecular flexibility index (Phi) is 2.82. The summed E-state index contributed by atoms with van der Waals surface area (Å²) < 4.78 is 0. The summed E-state index contributed by atoms with van der Waals surface area (Å²) in [5.74, 6) is 0. The highest BCUT2D eigenvalue weighted by Crippen LogP contribution is 2.14. The third-order valence-electron chi connectivity index (χ3n) is 2.81. The first-order valence-corrected chi connectivity index (χ1v) is 5.22. The van der Waals surface area contributed by atoms with E-state index in [2.05, 4.69) is 49.2 Å². The lowest BCUT2D eigenvalue weighted by Crippen LogP contribution is -1.95. The third-order valence-corrected chi connectivity index (χ3v) is 2.81. The molecule has 1 heterocycles. The molecule has 76 valence electrons. The fourth-order valence-electron chi connectivity index (χ4n) is 1.70. The van der Waals surface area contributed by atoms with Crippen LogP contribution >= 0.6 is 0 Å². The van der Waals surface area contributed by atoms with Crippen LogP contribution in [0.15, 0.2) is 42.6 Å². The molecule has 0 bridgehead atoms. The highest BCUT2D eigenvalue weighted by molar-refractivity contribution is 5.33. The lowest BCUT2D eigenvalue weighted by Gasteiger charge is -2.07. The molecule has 0 amide bonds. The Bertz CT molecular complexity index is 446. The zero-order chi connectivity index (χ0) is 10.7. The Morgan fingerprint density at radius 1 is 1.00 bits per heavy atom. The largest absolute Gasteiger partial charge is 0.261 e. The van der Waals surface area contributed by atoms with Gasteiger partial charge >= 0.3 is 0 Å². The molecule has 0 spiro atoms. The van der Waals surface area contributed by atoms with Crippen LogP contribution in [-0.2, 0) is 6.42 Å². The summed E-state index contributed by atoms with van der Waals surface area (Å²) in [4.78, 5) is 4.28. The zero-order valence-corrected chi connectivity index (χ0v) is 9.20. The third kappa shape index (κ3) is 2.24. The topological polar surface area (TPSA) is 12.9 Å². The fraction of sp³-hybridized carbons (Fsp3) is 0.214. The van der Waals surface area contributed by atoms with E-state index in [1.807, 2.05) is 12.3 Å². The second-order valence-corrected chi connectivity index (χ2v) is 3.84. The van der Waals surface area contributed by atoms with Crippen molar-refractivity contribution in [3.05, 3.63) is 65.0 Å². The van der Waals surface area contributed by atoms with Gasteiger partial charge in [0.05, 0.1) is 0 Å². The van der Waals surface area contributed by atoms with Crippen molar-refractivity contribution in [2.24, 2.45) is 0 Å². The normalized spacial score (nSPS) is 10.3. The van der Waals surface area contributed by atoms with Crippen molar-refractivity contribution in [2.75, 3.05) is 0 Å². The molecule has 1 nitrogen and oxygen atoms in total. The molecule has 0 aliphatic carbocycles. The number of hydrogen-bond donors (Lipinski definition) is 0. The summed E-state index contributed by atoms with van der Waals surface area (Å²) in [5.41, 5.74) is 5.16. The summed E-state index contributed by atoms with van der Waals surface area (Å²) in [6.07, 6.45) is 2.89. The first-order chi connectivity index (χ1) is 7.27. The molecule has 1 heteroatoms. The predicted octanol–water partition coefficient (Wildman–Crippen LogP) is 3.29. The molecular formula is C14H15N. The van der Waals surface area contributed by atoms with Gasteiger partial charge in [0.15, 0.2) is 0 Å². The molecule has 2 aromatic rings. The van der Waals surface area contributed by atoms with Crippen LogP contribution in [0.4, 0.5) is 0 Å². The number of nitrogens with zero attached hydrogens (tertiary/aromatic N) is 1. The maximum Gasteiger partial charge on any atom is 0.0404 e. The van der Waals surface area contributed by atoms with Gasteiger partial charge in [0.1, 0.15) is 0 Å². The van der Waals surface area contributed by atoms with Crippen molar-refractivity contribution in [1.82, 2.24) is 4.98 Å². The lowest BCUT2D eigenvalue weighted by atomic mass is 10.0. The average Bonchev–Trinajstić information content (AvgIpc) is 2.26. The molecule has 15 heavy (non-hydrogen) atoms. The average molecular weight is 197 g/mol. The van der Waals surface area contributed by atoms with Gasteiger partial charge in [-0.3, -0.25) is 4.98 Å². The number of aromatic nitrogens is 1. The Morgan fingerprint density at radius 3 is 2.47 bits per heavy atom. The summed E-state index contributed by atoms with van der Waals surface area (Å²) in [6.45, 7) is 4.20. The minimum Gasteiger partial charge on any atom is -0.261 e. The van der Waals surface area contributed by atoms with Crippen molar-refractivity contribution in [1.29, 1.82) is 0 Å². The van der Waals surface area contributed by atoms with Crippen molar-refractivity contribution >= 4 is 0 Å². The molecule has 0 N–H and O–H groups in total. The first kappa shape index (κ1) is 9.91. The lowest BCUT2D eigenvalue weighted by molar-refractivity contribution is 1.07. The van der Waals surface area contributed by atoms with Gasteiger partial charge in [0.25, 0.3) is 0 Å². The molecule has 0 radical (unpaired) electrons. The number of benzene rings is 1. The van der Waals surface area contributed by atoms with E-state index in [9.17, 15) is 0 Å². The van der Waals surface area contributed by atoms with Gasteiger partial charge in [0.2, 0.25) is 0 Å². The Balaban J connectivity index is 2.29. The molecule has 0 saturated heterocycles. The van der Waals surface area contributed by atoms with Gasteiger partial charge in [0, 0.05) is 11.9 Å². The zero-order valence-electron chi connectivity index (χ0n) is 9.20. The predicted molar refractivity (Wildman–Crippen MR) is 63.0 cm³/mol. The fourth-order valence-corrected chi connectivity index (χ4v) is 1.70. The van der Waals surface area contributed by atoms with Crippen LogP contribution in [0.3, 0.4) is 0 Å². The highest BCUT2D eigenvalue weighted by Gasteiger charge is 2.02. The van der Waals surface area contributed by atoms with E-state index in [1.54, 1.807) is 0 Å². The van der Waals surface area contributed by atoms with E-state index in [1.165, 1.54) is 16.7 Å². The van der Waals surface area contributed by atoms with Crippen LogP contribution in [-0.4, -0.2) is 4.98 Å². The summed E-state index contributed by atoms with van der Waals surface area (Å²) in [6, 6.07) is 12.6. The number of pyridine rings is 1. The van der Waals surface area contributed by atoms with Gasteiger partial charge in [-0.1, -0.05) is 30.3 Å². The second kappa shape index (κ2) is 4.26. The molecule has 1 aromatic carbocycles. The van der Waals surface area contributed by atoms with Gasteiger partial charge in [-0.2, -0.15) is 0 Å². The maximum atomic E-state index is 4.28. The Hall–Kier alpha value is -1.63. The van der Waals surface area contributed by atoms with Gasteiger partial charge in [-0.15, -0.1) is 0 Å². The molecule has 0 saturated carbocycles. The molecule has 0 unspecified atom stereocenters. The molecular weight excluding hydrogens is 182 g/mol.